The van der Waals surface area contributed by atoms with Gasteiger partial charge in [0.05, 0.1) is 17.0 Å². The Labute approximate surface area is 170 Å². The standard InChI is InChI=1S/C24H16F3NO2/c25-24(26,27)19-10-4-1-7-16(19)15-13-20(17-8-2-5-11-22(17)29)28-21(14-15)18-9-3-6-12-23(18)30/h1-14,29-30H. The van der Waals surface area contributed by atoms with E-state index in [-0.39, 0.29) is 22.6 Å². The molecular formula is C24H16F3NO2. The molecule has 1 aromatic heterocycles. The Morgan fingerprint density at radius 2 is 1.03 bits per heavy atom. The molecule has 0 spiro atoms. The molecule has 30 heavy (non-hydrogen) atoms. The molecular weight excluding hydrogens is 391 g/mol. The number of aromatic hydroxyl groups is 2. The van der Waals surface area contributed by atoms with Crippen LogP contribution in [0.4, 0.5) is 13.2 Å². The highest BCUT2D eigenvalue weighted by Gasteiger charge is 2.33. The van der Waals surface area contributed by atoms with Crippen molar-refractivity contribution >= 4 is 0 Å². The van der Waals surface area contributed by atoms with Crippen LogP contribution in [0.15, 0.2) is 84.9 Å². The van der Waals surface area contributed by atoms with Crippen LogP contribution >= 0.6 is 0 Å². The van der Waals surface area contributed by atoms with Gasteiger partial charge in [0.25, 0.3) is 0 Å². The van der Waals surface area contributed by atoms with Gasteiger partial charge in [0.2, 0.25) is 0 Å². The van der Waals surface area contributed by atoms with Crippen LogP contribution in [-0.2, 0) is 6.18 Å². The molecule has 0 aliphatic carbocycles. The molecule has 0 bridgehead atoms. The van der Waals surface area contributed by atoms with Gasteiger partial charge in [-0.25, -0.2) is 4.98 Å². The summed E-state index contributed by atoms with van der Waals surface area (Å²) < 4.78 is 40.8. The fourth-order valence-corrected chi connectivity index (χ4v) is 3.32. The zero-order valence-corrected chi connectivity index (χ0v) is 15.6. The number of phenolic OH excluding ortho intramolecular Hbond substituents is 2. The Kier molecular flexibility index (Phi) is 4.91. The summed E-state index contributed by atoms with van der Waals surface area (Å²) in [6.07, 6.45) is -4.54. The Morgan fingerprint density at radius 1 is 0.600 bits per heavy atom. The summed E-state index contributed by atoms with van der Waals surface area (Å²) >= 11 is 0. The zero-order valence-electron chi connectivity index (χ0n) is 15.6. The number of benzene rings is 3. The van der Waals surface area contributed by atoms with E-state index in [0.717, 1.165) is 6.07 Å². The molecule has 0 saturated heterocycles. The number of halogens is 3. The lowest BCUT2D eigenvalue weighted by atomic mass is 9.96. The normalized spacial score (nSPS) is 11.4. The maximum Gasteiger partial charge on any atom is 0.417 e. The second-order valence-corrected chi connectivity index (χ2v) is 6.70. The number of phenols is 2. The van der Waals surface area contributed by atoms with E-state index in [0.29, 0.717) is 22.5 Å². The maximum absolute atomic E-state index is 13.6. The molecule has 0 aliphatic rings. The van der Waals surface area contributed by atoms with Gasteiger partial charge >= 0.3 is 6.18 Å². The molecule has 0 fully saturated rings. The molecule has 0 radical (unpaired) electrons. The van der Waals surface area contributed by atoms with Gasteiger partial charge in [-0.1, -0.05) is 42.5 Å². The third-order valence-corrected chi connectivity index (χ3v) is 4.73. The second kappa shape index (κ2) is 7.55. The largest absolute Gasteiger partial charge is 0.507 e. The molecule has 4 rings (SSSR count). The van der Waals surface area contributed by atoms with Crippen LogP contribution in [0.25, 0.3) is 33.6 Å². The van der Waals surface area contributed by atoms with Crippen LogP contribution in [0.2, 0.25) is 0 Å². The van der Waals surface area contributed by atoms with Gasteiger partial charge in [-0.05, 0) is 53.6 Å². The first-order chi connectivity index (χ1) is 14.3. The highest BCUT2D eigenvalue weighted by atomic mass is 19.4. The molecule has 0 saturated carbocycles. The topological polar surface area (TPSA) is 53.4 Å². The van der Waals surface area contributed by atoms with Crippen molar-refractivity contribution in [3.63, 3.8) is 0 Å². The summed E-state index contributed by atoms with van der Waals surface area (Å²) in [5.41, 5.74) is 0.820. The van der Waals surface area contributed by atoms with Gasteiger partial charge in [0.1, 0.15) is 11.5 Å². The summed E-state index contributed by atoms with van der Waals surface area (Å²) in [7, 11) is 0. The van der Waals surface area contributed by atoms with Crippen molar-refractivity contribution in [2.75, 3.05) is 0 Å². The van der Waals surface area contributed by atoms with Gasteiger partial charge in [-0.2, -0.15) is 13.2 Å². The summed E-state index contributed by atoms with van der Waals surface area (Å²) in [5, 5.41) is 20.5. The first-order valence-corrected chi connectivity index (χ1v) is 9.10. The predicted molar refractivity (Wildman–Crippen MR) is 109 cm³/mol. The minimum absolute atomic E-state index is 0.0132. The van der Waals surface area contributed by atoms with E-state index in [2.05, 4.69) is 4.98 Å². The van der Waals surface area contributed by atoms with Crippen molar-refractivity contribution in [3.8, 4) is 45.1 Å². The van der Waals surface area contributed by atoms with Crippen LogP contribution in [-0.4, -0.2) is 15.2 Å². The highest BCUT2D eigenvalue weighted by Crippen LogP contribution is 2.40. The Bertz CT molecular complexity index is 1160. The van der Waals surface area contributed by atoms with E-state index < -0.39 is 11.7 Å². The van der Waals surface area contributed by atoms with E-state index >= 15 is 0 Å². The number of para-hydroxylation sites is 2. The maximum atomic E-state index is 13.6. The van der Waals surface area contributed by atoms with Gasteiger partial charge in [-0.3, -0.25) is 0 Å². The van der Waals surface area contributed by atoms with E-state index in [1.54, 1.807) is 36.4 Å². The van der Waals surface area contributed by atoms with E-state index in [9.17, 15) is 23.4 Å². The fourth-order valence-electron chi connectivity index (χ4n) is 3.32. The molecule has 4 aromatic rings. The molecule has 1 heterocycles. The van der Waals surface area contributed by atoms with Crippen molar-refractivity contribution in [2.24, 2.45) is 0 Å². The lowest BCUT2D eigenvalue weighted by molar-refractivity contribution is -0.137. The van der Waals surface area contributed by atoms with Crippen LogP contribution in [0.5, 0.6) is 11.5 Å². The SMILES string of the molecule is Oc1ccccc1-c1cc(-c2ccccc2C(F)(F)F)cc(-c2ccccc2O)n1. The lowest BCUT2D eigenvalue weighted by Gasteiger charge is -2.15. The van der Waals surface area contributed by atoms with Crippen molar-refractivity contribution in [2.45, 2.75) is 6.18 Å². The number of pyridine rings is 1. The number of hydrogen-bond acceptors (Lipinski definition) is 3. The number of rotatable bonds is 3. The van der Waals surface area contributed by atoms with Gasteiger partial charge in [0.15, 0.2) is 0 Å². The molecule has 0 amide bonds. The zero-order chi connectivity index (χ0) is 21.3. The first kappa shape index (κ1) is 19.5. The minimum atomic E-state index is -4.54. The monoisotopic (exact) mass is 407 g/mol. The van der Waals surface area contributed by atoms with Crippen molar-refractivity contribution in [3.05, 3.63) is 90.5 Å². The average Bonchev–Trinajstić information content (AvgIpc) is 2.73. The van der Waals surface area contributed by atoms with Gasteiger partial charge in [-0.15, -0.1) is 0 Å². The highest BCUT2D eigenvalue weighted by molar-refractivity contribution is 5.81. The molecule has 3 nitrogen and oxygen atoms in total. The number of nitrogens with zero attached hydrogens (tertiary/aromatic N) is 1. The molecule has 0 atom stereocenters. The quantitative estimate of drug-likeness (QED) is 0.407. The Balaban J connectivity index is 2.01. The number of alkyl halides is 3. The van der Waals surface area contributed by atoms with Gasteiger partial charge in [0, 0.05) is 11.1 Å². The average molecular weight is 407 g/mol. The van der Waals surface area contributed by atoms with Crippen LogP contribution in [0.3, 0.4) is 0 Å². The summed E-state index contributed by atoms with van der Waals surface area (Å²) in [6.45, 7) is 0. The molecule has 0 aliphatic heterocycles. The van der Waals surface area contributed by atoms with Crippen LogP contribution in [0, 0.1) is 0 Å². The predicted octanol–water partition coefficient (Wildman–Crippen LogP) is 6.51. The van der Waals surface area contributed by atoms with Crippen LogP contribution < -0.4 is 0 Å². The van der Waals surface area contributed by atoms with E-state index in [1.165, 1.54) is 42.5 Å². The van der Waals surface area contributed by atoms with Crippen molar-refractivity contribution in [1.29, 1.82) is 0 Å². The van der Waals surface area contributed by atoms with Crippen molar-refractivity contribution < 1.29 is 23.4 Å². The Morgan fingerprint density at radius 3 is 1.50 bits per heavy atom. The van der Waals surface area contributed by atoms with Gasteiger partial charge < -0.3 is 10.2 Å². The Hall–Kier alpha value is -3.80. The van der Waals surface area contributed by atoms with E-state index in [4.69, 9.17) is 0 Å². The second-order valence-electron chi connectivity index (χ2n) is 6.70. The summed E-state index contributed by atoms with van der Waals surface area (Å²) in [6, 6.07) is 21.2. The molecule has 2 N–H and O–H groups in total. The van der Waals surface area contributed by atoms with Crippen molar-refractivity contribution in [1.82, 2.24) is 4.98 Å². The summed E-state index contributed by atoms with van der Waals surface area (Å²) in [5.74, 6) is -0.0935. The molecule has 3 aromatic carbocycles. The summed E-state index contributed by atoms with van der Waals surface area (Å²) in [4.78, 5) is 4.51. The molecule has 150 valence electrons. The number of aromatic nitrogens is 1. The first-order valence-electron chi connectivity index (χ1n) is 9.10. The van der Waals surface area contributed by atoms with E-state index in [1.807, 2.05) is 0 Å². The fraction of sp³-hybridized carbons (Fsp3) is 0.0417. The third kappa shape index (κ3) is 3.72. The molecule has 6 heteroatoms. The third-order valence-electron chi connectivity index (χ3n) is 4.73. The smallest absolute Gasteiger partial charge is 0.417 e. The van der Waals surface area contributed by atoms with Crippen LogP contribution in [0.1, 0.15) is 5.56 Å². The minimum Gasteiger partial charge on any atom is -0.507 e. The lowest BCUT2D eigenvalue weighted by Crippen LogP contribution is -2.07. The number of hydrogen-bond donors (Lipinski definition) is 2. The molecule has 0 unspecified atom stereocenters.